The fraction of sp³-hybridized carbons (Fsp3) is 0.556. The highest BCUT2D eigenvalue weighted by Gasteiger charge is 2.04. The van der Waals surface area contributed by atoms with E-state index in [1.165, 1.54) is 21.6 Å². The van der Waals surface area contributed by atoms with Crippen LogP contribution in [0.5, 0.6) is 0 Å². The number of hydrogen-bond acceptors (Lipinski definition) is 4. The molecule has 120 valence electrons. The first-order valence-electron chi connectivity index (χ1n) is 4.20. The Morgan fingerprint density at radius 3 is 1.11 bits per heavy atom. The second-order valence-electron chi connectivity index (χ2n) is 2.90. The van der Waals surface area contributed by atoms with E-state index in [0.717, 1.165) is 8.64 Å². The smallest absolute Gasteiger partial charge is 0.146 e. The van der Waals surface area contributed by atoms with Gasteiger partial charge in [-0.1, -0.05) is 30.5 Å². The van der Waals surface area contributed by atoms with Crippen molar-refractivity contribution in [2.24, 2.45) is 0 Å². The normalized spacial score (nSPS) is 6.58. The average Bonchev–Trinajstić information content (AvgIpc) is 2.14. The molecule has 0 aliphatic carbocycles. The third-order valence-corrected chi connectivity index (χ3v) is 5.07. The Hall–Kier alpha value is 1.62. The van der Waals surface area contributed by atoms with Gasteiger partial charge in [-0.15, -0.1) is 6.58 Å². The van der Waals surface area contributed by atoms with E-state index in [1.54, 1.807) is 6.08 Å². The van der Waals surface area contributed by atoms with Gasteiger partial charge >= 0.3 is 0 Å². The zero-order valence-corrected chi connectivity index (χ0v) is 19.1. The summed E-state index contributed by atoms with van der Waals surface area (Å²) < 4.78 is 1.67. The number of allylic oxidation sites excluding steroid dienone is 1. The van der Waals surface area contributed by atoms with Crippen LogP contribution in [0.3, 0.4) is 0 Å². The van der Waals surface area contributed by atoms with Gasteiger partial charge in [-0.25, -0.2) is 0 Å². The first-order chi connectivity index (χ1) is 6.86. The fourth-order valence-corrected chi connectivity index (χ4v) is 2.60. The maximum atomic E-state index is 5.07. The average molecular weight is 419 g/mol. The molecule has 2 nitrogen and oxygen atoms in total. The highest BCUT2D eigenvalue weighted by atomic mass is 33.1. The largest absolute Gasteiger partial charge is 0.363 e. The molecule has 0 rings (SSSR count). The van der Waals surface area contributed by atoms with Gasteiger partial charge < -0.3 is 9.80 Å². The topological polar surface area (TPSA) is 6.48 Å². The van der Waals surface area contributed by atoms with Crippen molar-refractivity contribution >= 4 is 109 Å². The number of hydrogen-bond donors (Lipinski definition) is 0. The minimum Gasteiger partial charge on any atom is -0.363 e. The van der Waals surface area contributed by atoms with Crippen molar-refractivity contribution in [3.63, 3.8) is 0 Å². The standard InChI is InChI=1S/C6H12N2S4.C3H6.4H2S/c1-7(2)5(9)11-12-6(10)8(3)4;1-3-2;;;;/h1-4H3;3H,1H2,2H3;4*1H2. The minimum absolute atomic E-state index is 0. The third kappa shape index (κ3) is 28.5. The maximum Gasteiger partial charge on any atom is 0.146 e. The van der Waals surface area contributed by atoms with Crippen LogP contribution in [0.25, 0.3) is 0 Å². The van der Waals surface area contributed by atoms with Crippen molar-refractivity contribution in [1.29, 1.82) is 0 Å². The Bertz CT molecular complexity index is 200. The van der Waals surface area contributed by atoms with Gasteiger partial charge in [0.1, 0.15) is 8.64 Å². The highest BCUT2D eigenvalue weighted by molar-refractivity contribution is 8.89. The molecule has 0 saturated carbocycles. The number of thiocarbonyl (C=S) groups is 2. The molecule has 0 aliphatic rings. The minimum atomic E-state index is 0. The molecule has 0 amide bonds. The van der Waals surface area contributed by atoms with Crippen molar-refractivity contribution in [3.05, 3.63) is 12.7 Å². The monoisotopic (exact) mass is 418 g/mol. The summed E-state index contributed by atoms with van der Waals surface area (Å²) >= 11 is 10.1. The quantitative estimate of drug-likeness (QED) is 0.334. The van der Waals surface area contributed by atoms with E-state index >= 15 is 0 Å². The lowest BCUT2D eigenvalue weighted by Gasteiger charge is -2.15. The zero-order valence-electron chi connectivity index (χ0n) is 11.8. The van der Waals surface area contributed by atoms with Crippen LogP contribution in [0.1, 0.15) is 6.92 Å². The Morgan fingerprint density at radius 2 is 1.00 bits per heavy atom. The summed E-state index contributed by atoms with van der Waals surface area (Å²) in [6.07, 6.45) is 1.75. The molecule has 0 unspecified atom stereocenters. The van der Waals surface area contributed by atoms with E-state index in [0.29, 0.717) is 0 Å². The van der Waals surface area contributed by atoms with E-state index in [-0.39, 0.29) is 54.0 Å². The predicted octanol–water partition coefficient (Wildman–Crippen LogP) is 3.70. The zero-order chi connectivity index (χ0) is 12.4. The third-order valence-electron chi connectivity index (χ3n) is 0.915. The molecular weight excluding hydrogens is 393 g/mol. The van der Waals surface area contributed by atoms with Crippen molar-refractivity contribution in [1.82, 2.24) is 9.80 Å². The fourth-order valence-electron chi connectivity index (χ4n) is 0.220. The van der Waals surface area contributed by atoms with Crippen LogP contribution in [-0.2, 0) is 0 Å². The van der Waals surface area contributed by atoms with Crippen molar-refractivity contribution in [3.8, 4) is 0 Å². The van der Waals surface area contributed by atoms with Gasteiger partial charge in [-0.05, 0) is 28.5 Å². The van der Waals surface area contributed by atoms with Gasteiger partial charge in [0.05, 0.1) is 0 Å². The Morgan fingerprint density at radius 1 is 0.842 bits per heavy atom. The second-order valence-corrected chi connectivity index (χ2v) is 6.29. The number of rotatable bonds is 0. The SMILES string of the molecule is C=CC.CN(C)C(=S)SSC(=S)N(C)C.S.S.S.S. The summed E-state index contributed by atoms with van der Waals surface area (Å²) in [5.74, 6) is 0. The molecule has 0 bridgehead atoms. The molecule has 0 heterocycles. The van der Waals surface area contributed by atoms with Crippen LogP contribution in [0.15, 0.2) is 12.7 Å². The van der Waals surface area contributed by atoms with Gasteiger partial charge in [-0.3, -0.25) is 0 Å². The van der Waals surface area contributed by atoms with Crippen molar-refractivity contribution in [2.45, 2.75) is 6.92 Å². The van der Waals surface area contributed by atoms with Crippen LogP contribution in [0.4, 0.5) is 0 Å². The molecule has 0 aromatic rings. The van der Waals surface area contributed by atoms with Crippen molar-refractivity contribution in [2.75, 3.05) is 28.2 Å². The lowest BCUT2D eigenvalue weighted by Crippen LogP contribution is -2.18. The molecule has 0 aliphatic heterocycles. The summed E-state index contributed by atoms with van der Waals surface area (Å²) in [7, 11) is 10.7. The molecule has 0 fully saturated rings. The molecule has 0 saturated heterocycles. The van der Waals surface area contributed by atoms with E-state index in [2.05, 4.69) is 6.58 Å². The molecule has 10 heteroatoms. The second kappa shape index (κ2) is 24.6. The van der Waals surface area contributed by atoms with Gasteiger partial charge in [0.25, 0.3) is 0 Å². The first kappa shape index (κ1) is 37.1. The van der Waals surface area contributed by atoms with Gasteiger partial charge in [-0.2, -0.15) is 54.0 Å². The summed E-state index contributed by atoms with van der Waals surface area (Å²) in [5, 5.41) is 0. The summed E-state index contributed by atoms with van der Waals surface area (Å²) in [5.41, 5.74) is 0. The summed E-state index contributed by atoms with van der Waals surface area (Å²) in [6, 6.07) is 0. The molecule has 0 radical (unpaired) electrons. The predicted molar refractivity (Wildman–Crippen MR) is 125 cm³/mol. The van der Waals surface area contributed by atoms with Gasteiger partial charge in [0, 0.05) is 28.2 Å². The Labute approximate surface area is 165 Å². The van der Waals surface area contributed by atoms with Crippen LogP contribution in [0, 0.1) is 0 Å². The van der Waals surface area contributed by atoms with Gasteiger partial charge in [0.15, 0.2) is 0 Å². The lowest BCUT2D eigenvalue weighted by atomic mass is 10.8. The Balaban J connectivity index is -0.0000000551. The van der Waals surface area contributed by atoms with E-state index in [1.807, 2.05) is 44.9 Å². The van der Waals surface area contributed by atoms with Crippen LogP contribution in [0.2, 0.25) is 0 Å². The van der Waals surface area contributed by atoms with Crippen molar-refractivity contribution < 1.29 is 0 Å². The highest BCUT2D eigenvalue weighted by Crippen LogP contribution is 2.26. The molecule has 19 heavy (non-hydrogen) atoms. The molecular formula is C9H26N2S8. The van der Waals surface area contributed by atoms with E-state index in [9.17, 15) is 0 Å². The molecule has 0 aromatic carbocycles. The van der Waals surface area contributed by atoms with E-state index < -0.39 is 0 Å². The first-order valence-corrected chi connectivity index (χ1v) is 7.17. The number of nitrogens with zero attached hydrogens (tertiary/aromatic N) is 2. The molecule has 0 atom stereocenters. The van der Waals surface area contributed by atoms with Crippen LogP contribution in [-0.4, -0.2) is 46.6 Å². The van der Waals surface area contributed by atoms with Crippen LogP contribution >= 0.6 is 100 Å². The molecule has 0 aromatic heterocycles. The lowest BCUT2D eigenvalue weighted by molar-refractivity contribution is 0.647. The Kier molecular flexibility index (Phi) is 48.1. The molecule has 0 spiro atoms. The maximum absolute atomic E-state index is 5.07. The summed E-state index contributed by atoms with van der Waals surface area (Å²) in [4.78, 5) is 3.79. The van der Waals surface area contributed by atoms with E-state index in [4.69, 9.17) is 24.4 Å². The summed E-state index contributed by atoms with van der Waals surface area (Å²) in [6.45, 7) is 5.25. The molecule has 0 N–H and O–H groups in total. The van der Waals surface area contributed by atoms with Crippen LogP contribution < -0.4 is 0 Å². The van der Waals surface area contributed by atoms with Gasteiger partial charge in [0.2, 0.25) is 0 Å².